The highest BCUT2D eigenvalue weighted by Crippen LogP contribution is 2.41. The Bertz CT molecular complexity index is 1040. The monoisotopic (exact) mass is 450 g/mol. The second-order valence-electron chi connectivity index (χ2n) is 9.03. The molecule has 0 spiro atoms. The highest BCUT2D eigenvalue weighted by atomic mass is 19.4. The molecule has 2 aliphatic heterocycles. The van der Waals surface area contributed by atoms with Crippen LogP contribution in [0.25, 0.3) is 11.1 Å². The van der Waals surface area contributed by atoms with Crippen LogP contribution in [0.2, 0.25) is 0 Å². The lowest BCUT2D eigenvalue weighted by Gasteiger charge is -2.30. The van der Waals surface area contributed by atoms with Crippen LogP contribution in [0.15, 0.2) is 24.4 Å². The van der Waals surface area contributed by atoms with Gasteiger partial charge in [0.05, 0.1) is 6.20 Å². The third-order valence-corrected chi connectivity index (χ3v) is 5.67. The molecule has 1 unspecified atom stereocenters. The molecule has 0 aliphatic carbocycles. The van der Waals surface area contributed by atoms with E-state index in [1.54, 1.807) is 43.9 Å². The Morgan fingerprint density at radius 3 is 2.59 bits per heavy atom. The fourth-order valence-electron chi connectivity index (χ4n) is 4.36. The van der Waals surface area contributed by atoms with Crippen LogP contribution in [0, 0.1) is 0 Å². The molecule has 0 radical (unpaired) electrons. The van der Waals surface area contributed by atoms with Crippen LogP contribution >= 0.6 is 0 Å². The molecule has 1 aromatic heterocycles. The first-order valence-corrected chi connectivity index (χ1v) is 10.5. The van der Waals surface area contributed by atoms with Crippen molar-refractivity contribution in [1.82, 2.24) is 15.1 Å². The van der Waals surface area contributed by atoms with Crippen molar-refractivity contribution >= 4 is 17.7 Å². The molecule has 2 amide bonds. The van der Waals surface area contributed by atoms with Gasteiger partial charge in [0, 0.05) is 24.3 Å². The molecule has 2 aromatic rings. The number of carbonyl (C=O) groups excluding carboxylic acids is 2. The van der Waals surface area contributed by atoms with Gasteiger partial charge in [0.2, 0.25) is 5.91 Å². The molecule has 2 aliphatic rings. The highest BCUT2D eigenvalue weighted by molar-refractivity contribution is 6.01. The first-order valence-electron chi connectivity index (χ1n) is 10.5. The Morgan fingerprint density at radius 1 is 1.16 bits per heavy atom. The topological polar surface area (TPSA) is 78.5 Å². The summed E-state index contributed by atoms with van der Waals surface area (Å²) in [6, 6.07) is 4.31. The summed E-state index contributed by atoms with van der Waals surface area (Å²) in [5.74, 6) is -0.243. The maximum atomic E-state index is 13.4. The van der Waals surface area contributed by atoms with Gasteiger partial charge < -0.3 is 9.64 Å². The predicted octanol–water partition coefficient (Wildman–Crippen LogP) is 4.38. The second-order valence-corrected chi connectivity index (χ2v) is 9.03. The van der Waals surface area contributed by atoms with E-state index in [1.165, 1.54) is 4.90 Å². The van der Waals surface area contributed by atoms with Crippen molar-refractivity contribution in [3.05, 3.63) is 35.7 Å². The molecule has 0 saturated carbocycles. The predicted molar refractivity (Wildman–Crippen MR) is 111 cm³/mol. The van der Waals surface area contributed by atoms with E-state index in [0.29, 0.717) is 49.2 Å². The number of ether oxygens (including phenoxy) is 1. The number of nitrogens with one attached hydrogen (secondary N) is 1. The van der Waals surface area contributed by atoms with Crippen LogP contribution in [0.1, 0.15) is 44.9 Å². The molecule has 10 heteroatoms. The van der Waals surface area contributed by atoms with Gasteiger partial charge in [-0.05, 0) is 57.2 Å². The summed E-state index contributed by atoms with van der Waals surface area (Å²) in [4.78, 5) is 29.0. The Balaban J connectivity index is 1.62. The Hall–Kier alpha value is -3.04. The van der Waals surface area contributed by atoms with Crippen molar-refractivity contribution in [2.45, 2.75) is 57.9 Å². The fourth-order valence-corrected chi connectivity index (χ4v) is 4.36. The number of rotatable bonds is 2. The number of amides is 2. The van der Waals surface area contributed by atoms with Crippen molar-refractivity contribution < 1.29 is 27.5 Å². The van der Waals surface area contributed by atoms with Crippen LogP contribution < -0.4 is 4.90 Å². The number of halogens is 3. The molecular weight excluding hydrogens is 425 g/mol. The largest absolute Gasteiger partial charge is 0.444 e. The highest BCUT2D eigenvalue weighted by Gasteiger charge is 2.41. The van der Waals surface area contributed by atoms with Gasteiger partial charge in [-0.25, -0.2) is 4.79 Å². The van der Waals surface area contributed by atoms with Crippen LogP contribution in [0.4, 0.5) is 23.7 Å². The van der Waals surface area contributed by atoms with Gasteiger partial charge >= 0.3 is 12.3 Å². The maximum Gasteiger partial charge on any atom is 0.433 e. The Labute approximate surface area is 183 Å². The number of alkyl halides is 3. The molecule has 1 fully saturated rings. The molecule has 4 rings (SSSR count). The first kappa shape index (κ1) is 22.2. The standard InChI is InChI=1S/C22H25F3N4O3/c1-21(2,3)32-20(31)29-10-5-8-17(29)19(30)28-11-9-14-13(6-4-7-16(14)28)15-12-26-27-18(15)22(23,24)25/h4,6-7,12,17H,5,8-11H2,1-3H3,(H,26,27). The zero-order valence-electron chi connectivity index (χ0n) is 18.1. The summed E-state index contributed by atoms with van der Waals surface area (Å²) in [6.07, 6.45) is -2.33. The van der Waals surface area contributed by atoms with Crippen LogP contribution in [0.3, 0.4) is 0 Å². The van der Waals surface area contributed by atoms with Crippen LogP contribution in [0.5, 0.6) is 0 Å². The summed E-state index contributed by atoms with van der Waals surface area (Å²) in [5, 5.41) is 5.62. The number of carbonyl (C=O) groups is 2. The van der Waals surface area contributed by atoms with Crippen LogP contribution in [-0.4, -0.2) is 51.8 Å². The van der Waals surface area contributed by atoms with E-state index in [9.17, 15) is 22.8 Å². The van der Waals surface area contributed by atoms with Gasteiger partial charge in [-0.3, -0.25) is 14.8 Å². The lowest BCUT2D eigenvalue weighted by Crippen LogP contribution is -2.48. The van der Waals surface area contributed by atoms with Gasteiger partial charge in [-0.15, -0.1) is 0 Å². The number of hydrogen-bond donors (Lipinski definition) is 1. The minimum atomic E-state index is -4.57. The van der Waals surface area contributed by atoms with E-state index < -0.39 is 29.6 Å². The van der Waals surface area contributed by atoms with E-state index in [0.717, 1.165) is 6.20 Å². The summed E-state index contributed by atoms with van der Waals surface area (Å²) < 4.78 is 45.6. The molecular formula is C22H25F3N4O3. The first-order chi connectivity index (χ1) is 15.0. The summed E-state index contributed by atoms with van der Waals surface area (Å²) in [7, 11) is 0. The molecule has 1 aromatic carbocycles. The van der Waals surface area contributed by atoms with Gasteiger partial charge in [-0.2, -0.15) is 18.3 Å². The summed E-state index contributed by atoms with van der Waals surface area (Å²) >= 11 is 0. The zero-order valence-corrected chi connectivity index (χ0v) is 18.1. The van der Waals surface area contributed by atoms with E-state index in [1.807, 2.05) is 5.10 Å². The number of aromatic amines is 1. The van der Waals surface area contributed by atoms with E-state index >= 15 is 0 Å². The van der Waals surface area contributed by atoms with Crippen molar-refractivity contribution in [3.8, 4) is 11.1 Å². The van der Waals surface area contributed by atoms with E-state index in [2.05, 4.69) is 5.10 Å². The summed E-state index contributed by atoms with van der Waals surface area (Å²) in [6.45, 7) is 6.06. The number of benzene rings is 1. The van der Waals surface area contributed by atoms with Crippen molar-refractivity contribution in [3.63, 3.8) is 0 Å². The quantitative estimate of drug-likeness (QED) is 0.737. The molecule has 3 heterocycles. The van der Waals surface area contributed by atoms with Gasteiger partial charge in [0.1, 0.15) is 17.3 Å². The van der Waals surface area contributed by atoms with Crippen molar-refractivity contribution in [2.75, 3.05) is 18.0 Å². The zero-order chi connectivity index (χ0) is 23.3. The van der Waals surface area contributed by atoms with Gasteiger partial charge in [0.15, 0.2) is 0 Å². The smallest absolute Gasteiger partial charge is 0.433 e. The number of anilines is 1. The van der Waals surface area contributed by atoms with Crippen molar-refractivity contribution in [2.24, 2.45) is 0 Å². The lowest BCUT2D eigenvalue weighted by atomic mass is 9.98. The molecule has 32 heavy (non-hydrogen) atoms. The Morgan fingerprint density at radius 2 is 1.91 bits per heavy atom. The minimum Gasteiger partial charge on any atom is -0.444 e. The Kier molecular flexibility index (Phi) is 5.42. The lowest BCUT2D eigenvalue weighted by molar-refractivity contribution is -0.140. The summed E-state index contributed by atoms with van der Waals surface area (Å²) in [5.41, 5.74) is -0.00683. The number of aromatic nitrogens is 2. The molecule has 1 saturated heterocycles. The number of H-pyrrole nitrogens is 1. The molecule has 1 N–H and O–H groups in total. The van der Waals surface area contributed by atoms with E-state index in [-0.39, 0.29) is 11.5 Å². The number of fused-ring (bicyclic) bond motifs is 1. The molecule has 172 valence electrons. The second kappa shape index (κ2) is 7.83. The van der Waals surface area contributed by atoms with Gasteiger partial charge in [-0.1, -0.05) is 12.1 Å². The third-order valence-electron chi connectivity index (χ3n) is 5.67. The SMILES string of the molecule is CC(C)(C)OC(=O)N1CCCC1C(=O)N1CCc2c(-c3cn[nH]c3C(F)(F)F)cccc21. The molecule has 7 nitrogen and oxygen atoms in total. The normalized spacial score (nSPS) is 18.8. The number of nitrogens with zero attached hydrogens (tertiary/aromatic N) is 3. The third kappa shape index (κ3) is 4.05. The molecule has 1 atom stereocenters. The average Bonchev–Trinajstić information content (AvgIpc) is 3.43. The minimum absolute atomic E-state index is 0.0418. The van der Waals surface area contributed by atoms with Crippen molar-refractivity contribution in [1.29, 1.82) is 0 Å². The maximum absolute atomic E-state index is 13.4. The van der Waals surface area contributed by atoms with Gasteiger partial charge in [0.25, 0.3) is 0 Å². The average molecular weight is 450 g/mol. The number of hydrogen-bond acceptors (Lipinski definition) is 4. The molecule has 0 bridgehead atoms. The van der Waals surface area contributed by atoms with Crippen LogP contribution in [-0.2, 0) is 22.1 Å². The fraction of sp³-hybridized carbons (Fsp3) is 0.500. The van der Waals surface area contributed by atoms with E-state index in [4.69, 9.17) is 4.74 Å². The number of likely N-dealkylation sites (tertiary alicyclic amines) is 1.